The number of aromatic nitrogens is 4. The second-order valence-electron chi connectivity index (χ2n) is 8.06. The molecule has 1 aliphatic rings. The van der Waals surface area contributed by atoms with E-state index < -0.39 is 0 Å². The molecule has 4 aromatic rings. The van der Waals surface area contributed by atoms with Crippen molar-refractivity contribution in [2.24, 2.45) is 0 Å². The summed E-state index contributed by atoms with van der Waals surface area (Å²) in [4.78, 5) is 23.0. The van der Waals surface area contributed by atoms with Crippen LogP contribution in [0, 0.1) is 0 Å². The highest BCUT2D eigenvalue weighted by atomic mass is 16.5. The molecular weight excluding hydrogens is 419 g/mol. The summed E-state index contributed by atoms with van der Waals surface area (Å²) in [6.07, 6.45) is 4.71. The lowest BCUT2D eigenvalue weighted by Crippen LogP contribution is -2.43. The average molecular weight is 442 g/mol. The van der Waals surface area contributed by atoms with E-state index >= 15 is 0 Å². The summed E-state index contributed by atoms with van der Waals surface area (Å²) in [6, 6.07) is 9.94. The number of carbonyl (C=O) groups is 1. The van der Waals surface area contributed by atoms with Gasteiger partial charge in [0, 0.05) is 61.2 Å². The van der Waals surface area contributed by atoms with Crippen LogP contribution in [0.25, 0.3) is 27.7 Å². The summed E-state index contributed by atoms with van der Waals surface area (Å²) >= 11 is 0. The van der Waals surface area contributed by atoms with Gasteiger partial charge in [-0.05, 0) is 12.1 Å². The molecule has 1 aromatic carbocycles. The first-order valence-electron chi connectivity index (χ1n) is 10.8. The number of benzene rings is 1. The third-order valence-electron chi connectivity index (χ3n) is 5.93. The van der Waals surface area contributed by atoms with Crippen molar-refractivity contribution in [2.75, 3.05) is 32.5 Å². The molecule has 1 aliphatic heterocycles. The fourth-order valence-electron chi connectivity index (χ4n) is 4.11. The van der Waals surface area contributed by atoms with Gasteiger partial charge in [-0.3, -0.25) is 9.78 Å². The van der Waals surface area contributed by atoms with Gasteiger partial charge in [-0.2, -0.15) is 14.6 Å². The molecule has 1 fully saturated rings. The molecule has 33 heavy (non-hydrogen) atoms. The third-order valence-corrected chi connectivity index (χ3v) is 5.93. The van der Waals surface area contributed by atoms with Crippen LogP contribution in [0.1, 0.15) is 12.8 Å². The highest BCUT2D eigenvalue weighted by Gasteiger charge is 2.25. The predicted molar refractivity (Wildman–Crippen MR) is 126 cm³/mol. The monoisotopic (exact) mass is 442 g/mol. The van der Waals surface area contributed by atoms with E-state index in [9.17, 15) is 4.79 Å². The lowest BCUT2D eigenvalue weighted by Gasteiger charge is -2.32. The molecular formula is C23H23BN6O3. The van der Waals surface area contributed by atoms with E-state index in [2.05, 4.69) is 15.1 Å². The van der Waals surface area contributed by atoms with Gasteiger partial charge in [0.2, 0.25) is 11.8 Å². The minimum Gasteiger partial charge on any atom is -0.474 e. The maximum atomic E-state index is 12.0. The SMILES string of the molecule is [B]c1c(OC2CCN(C(=O)COC)CC2)nc2c(-c3cnc4ccccc4c3)cnn2c1N. The Morgan fingerprint density at radius 3 is 2.82 bits per heavy atom. The number of anilines is 1. The van der Waals surface area contributed by atoms with Crippen LogP contribution in [0.3, 0.4) is 0 Å². The second kappa shape index (κ2) is 8.70. The number of carbonyl (C=O) groups excluding carboxylic acids is 1. The molecule has 3 aromatic heterocycles. The molecule has 1 saturated heterocycles. The van der Waals surface area contributed by atoms with Crippen molar-refractivity contribution in [3.05, 3.63) is 42.7 Å². The normalized spacial score (nSPS) is 14.8. The number of ether oxygens (including phenoxy) is 2. The fraction of sp³-hybridized carbons (Fsp3) is 0.304. The minimum atomic E-state index is -0.123. The smallest absolute Gasteiger partial charge is 0.248 e. The molecule has 166 valence electrons. The van der Waals surface area contributed by atoms with E-state index in [1.165, 1.54) is 11.6 Å². The van der Waals surface area contributed by atoms with Gasteiger partial charge < -0.3 is 20.1 Å². The highest BCUT2D eigenvalue weighted by molar-refractivity contribution is 6.37. The van der Waals surface area contributed by atoms with Crippen LogP contribution in [0.5, 0.6) is 5.88 Å². The lowest BCUT2D eigenvalue weighted by molar-refractivity contribution is -0.136. The number of piperidine rings is 1. The van der Waals surface area contributed by atoms with Gasteiger partial charge >= 0.3 is 0 Å². The number of methoxy groups -OCH3 is 1. The van der Waals surface area contributed by atoms with Crippen LogP contribution < -0.4 is 15.9 Å². The summed E-state index contributed by atoms with van der Waals surface area (Å²) in [7, 11) is 7.75. The minimum absolute atomic E-state index is 0.0212. The Bertz CT molecular complexity index is 1330. The standard InChI is InChI=1S/C23H23BN6O3/c1-32-13-19(31)29-8-6-16(7-9-29)33-23-20(24)21(25)30-22(28-23)17(12-27-30)15-10-14-4-2-3-5-18(14)26-11-15/h2-5,10-12,16H,6-9,13,25H2,1H3. The van der Waals surface area contributed by atoms with Gasteiger partial charge in [-0.25, -0.2) is 0 Å². The zero-order valence-corrected chi connectivity index (χ0v) is 18.3. The second-order valence-corrected chi connectivity index (χ2v) is 8.06. The Morgan fingerprint density at radius 1 is 1.24 bits per heavy atom. The molecule has 0 spiro atoms. The molecule has 0 unspecified atom stereocenters. The van der Waals surface area contributed by atoms with Crippen molar-refractivity contribution >= 4 is 41.6 Å². The van der Waals surface area contributed by atoms with Crippen molar-refractivity contribution < 1.29 is 14.3 Å². The number of likely N-dealkylation sites (tertiary alicyclic amines) is 1. The zero-order chi connectivity index (χ0) is 22.9. The Hall–Kier alpha value is -3.66. The van der Waals surface area contributed by atoms with Crippen molar-refractivity contribution in [3.63, 3.8) is 0 Å². The molecule has 2 radical (unpaired) electrons. The molecule has 0 aliphatic carbocycles. The quantitative estimate of drug-likeness (QED) is 0.465. The number of pyridine rings is 1. The predicted octanol–water partition coefficient (Wildman–Crippen LogP) is 1.34. The largest absolute Gasteiger partial charge is 0.474 e. The van der Waals surface area contributed by atoms with Crippen LogP contribution in [-0.2, 0) is 9.53 Å². The van der Waals surface area contributed by atoms with E-state index in [0.717, 1.165) is 22.0 Å². The number of hydrogen-bond acceptors (Lipinski definition) is 7. The number of nitrogens with two attached hydrogens (primary N) is 1. The van der Waals surface area contributed by atoms with Crippen molar-refractivity contribution in [2.45, 2.75) is 18.9 Å². The molecule has 9 nitrogen and oxygen atoms in total. The van der Waals surface area contributed by atoms with Gasteiger partial charge in [-0.1, -0.05) is 18.2 Å². The fourth-order valence-corrected chi connectivity index (χ4v) is 4.11. The molecule has 1 amide bonds. The van der Waals surface area contributed by atoms with Gasteiger partial charge in [0.25, 0.3) is 0 Å². The zero-order valence-electron chi connectivity index (χ0n) is 18.3. The number of amides is 1. The summed E-state index contributed by atoms with van der Waals surface area (Å²) < 4.78 is 12.6. The molecule has 10 heteroatoms. The highest BCUT2D eigenvalue weighted by Crippen LogP contribution is 2.28. The number of fused-ring (bicyclic) bond motifs is 2. The Labute approximate surface area is 191 Å². The van der Waals surface area contributed by atoms with Crippen LogP contribution in [0.15, 0.2) is 42.7 Å². The number of para-hydroxylation sites is 1. The maximum Gasteiger partial charge on any atom is 0.248 e. The van der Waals surface area contributed by atoms with E-state index in [1.807, 2.05) is 30.3 Å². The maximum absolute atomic E-state index is 12.0. The van der Waals surface area contributed by atoms with Crippen LogP contribution in [0.4, 0.5) is 5.82 Å². The third kappa shape index (κ3) is 3.98. The summed E-state index contributed by atoms with van der Waals surface area (Å²) in [5.41, 5.74) is 9.62. The van der Waals surface area contributed by atoms with Crippen LogP contribution in [-0.4, -0.2) is 71.1 Å². The molecule has 2 N–H and O–H groups in total. The van der Waals surface area contributed by atoms with Crippen molar-refractivity contribution in [1.29, 1.82) is 0 Å². The first kappa shape index (κ1) is 21.2. The van der Waals surface area contributed by atoms with E-state index in [0.29, 0.717) is 31.6 Å². The number of nitrogens with zero attached hydrogens (tertiary/aromatic N) is 5. The number of rotatable bonds is 5. The van der Waals surface area contributed by atoms with Crippen molar-refractivity contribution in [1.82, 2.24) is 24.5 Å². The van der Waals surface area contributed by atoms with Gasteiger partial charge in [-0.15, -0.1) is 0 Å². The number of nitrogen functional groups attached to an aromatic ring is 1. The summed E-state index contributed by atoms with van der Waals surface area (Å²) in [5.74, 6) is 0.520. The topological polar surface area (TPSA) is 108 Å². The first-order valence-corrected chi connectivity index (χ1v) is 10.8. The Balaban J connectivity index is 1.43. The molecule has 4 heterocycles. The van der Waals surface area contributed by atoms with E-state index in [1.54, 1.807) is 17.3 Å². The average Bonchev–Trinajstić information content (AvgIpc) is 3.26. The van der Waals surface area contributed by atoms with Gasteiger partial charge in [0.15, 0.2) is 5.65 Å². The lowest BCUT2D eigenvalue weighted by atomic mass is 9.97. The molecule has 0 atom stereocenters. The van der Waals surface area contributed by atoms with E-state index in [-0.39, 0.29) is 35.8 Å². The molecule has 0 saturated carbocycles. The summed E-state index contributed by atoms with van der Waals surface area (Å²) in [6.45, 7) is 1.26. The van der Waals surface area contributed by atoms with Gasteiger partial charge in [0.05, 0.1) is 11.7 Å². The molecule has 0 bridgehead atoms. The molecule has 5 rings (SSSR count). The first-order chi connectivity index (χ1) is 16.0. The van der Waals surface area contributed by atoms with Crippen molar-refractivity contribution in [3.8, 4) is 17.0 Å². The Morgan fingerprint density at radius 2 is 2.03 bits per heavy atom. The number of hydrogen-bond donors (Lipinski definition) is 1. The Kier molecular flexibility index (Phi) is 5.59. The van der Waals surface area contributed by atoms with Gasteiger partial charge in [0.1, 0.15) is 26.4 Å². The van der Waals surface area contributed by atoms with Crippen LogP contribution >= 0.6 is 0 Å². The summed E-state index contributed by atoms with van der Waals surface area (Å²) in [5, 5.41) is 5.40. The van der Waals surface area contributed by atoms with Crippen LogP contribution in [0.2, 0.25) is 0 Å². The van der Waals surface area contributed by atoms with E-state index in [4.69, 9.17) is 23.1 Å².